The summed E-state index contributed by atoms with van der Waals surface area (Å²) < 4.78 is 1.36. The normalized spacial score (nSPS) is 13.8. The minimum absolute atomic E-state index is 0.226. The van der Waals surface area contributed by atoms with E-state index in [4.69, 9.17) is 5.73 Å². The maximum Gasteiger partial charge on any atom is 0.271 e. The van der Waals surface area contributed by atoms with Crippen molar-refractivity contribution in [3.05, 3.63) is 51.9 Å². The van der Waals surface area contributed by atoms with Gasteiger partial charge in [0, 0.05) is 12.6 Å². The first kappa shape index (κ1) is 18.0. The first-order chi connectivity index (χ1) is 11.2. The first-order valence-electron chi connectivity index (χ1n) is 8.16. The van der Waals surface area contributed by atoms with Crippen LogP contribution >= 0.6 is 0 Å². The second-order valence-corrected chi connectivity index (χ2v) is 7.00. The zero-order valence-electron chi connectivity index (χ0n) is 14.7. The molecule has 1 amide bonds. The molecule has 1 unspecified atom stereocenters. The van der Waals surface area contributed by atoms with Crippen LogP contribution in [0, 0.1) is 12.8 Å². The molecule has 0 saturated heterocycles. The van der Waals surface area contributed by atoms with E-state index in [1.54, 1.807) is 0 Å². The molecule has 2 rings (SSSR count). The highest BCUT2D eigenvalue weighted by atomic mass is 16.2. The predicted octanol–water partition coefficient (Wildman–Crippen LogP) is 1.97. The van der Waals surface area contributed by atoms with Crippen molar-refractivity contribution in [3.63, 3.8) is 0 Å². The van der Waals surface area contributed by atoms with Crippen LogP contribution in [0.1, 0.15) is 43.2 Å². The van der Waals surface area contributed by atoms with Gasteiger partial charge in [-0.2, -0.15) is 0 Å². The number of amides is 1. The van der Waals surface area contributed by atoms with E-state index < -0.39 is 5.54 Å². The summed E-state index contributed by atoms with van der Waals surface area (Å²) in [5, 5.41) is 5.81. The van der Waals surface area contributed by atoms with Crippen LogP contribution in [-0.2, 0) is 0 Å². The van der Waals surface area contributed by atoms with Crippen molar-refractivity contribution in [1.29, 1.82) is 0 Å². The fourth-order valence-electron chi connectivity index (χ4n) is 2.83. The molecule has 2 aromatic rings. The molecule has 6 nitrogen and oxygen atoms in total. The maximum absolute atomic E-state index is 12.5. The van der Waals surface area contributed by atoms with E-state index in [2.05, 4.69) is 24.3 Å². The topological polar surface area (TPSA) is 92.9 Å². The van der Waals surface area contributed by atoms with Crippen LogP contribution in [0.4, 0.5) is 0 Å². The molecule has 0 bridgehead atoms. The van der Waals surface area contributed by atoms with Crippen LogP contribution < -0.4 is 16.6 Å². The van der Waals surface area contributed by atoms with Crippen molar-refractivity contribution in [2.75, 3.05) is 6.54 Å². The van der Waals surface area contributed by atoms with Crippen LogP contribution in [-0.4, -0.2) is 27.8 Å². The third-order valence-corrected chi connectivity index (χ3v) is 3.98. The number of aromatic amines is 1. The molecule has 0 aliphatic heterocycles. The summed E-state index contributed by atoms with van der Waals surface area (Å²) in [5.41, 5.74) is 7.06. The van der Waals surface area contributed by atoms with Crippen LogP contribution in [0.2, 0.25) is 0 Å². The van der Waals surface area contributed by atoms with Crippen molar-refractivity contribution in [2.45, 2.75) is 39.7 Å². The van der Waals surface area contributed by atoms with Crippen LogP contribution in [0.15, 0.2) is 35.1 Å². The van der Waals surface area contributed by atoms with Gasteiger partial charge in [-0.15, -0.1) is 0 Å². The Bertz CT molecular complexity index is 758. The number of aromatic nitrogens is 2. The molecule has 0 aliphatic carbocycles. The second-order valence-electron chi connectivity index (χ2n) is 7.00. The lowest BCUT2D eigenvalue weighted by atomic mass is 9.90. The Labute approximate surface area is 142 Å². The summed E-state index contributed by atoms with van der Waals surface area (Å²) in [4.78, 5) is 24.7. The van der Waals surface area contributed by atoms with Gasteiger partial charge in [-0.05, 0) is 38.3 Å². The average Bonchev–Trinajstić information content (AvgIpc) is 2.89. The quantitative estimate of drug-likeness (QED) is 0.756. The molecule has 24 heavy (non-hydrogen) atoms. The number of carbonyl (C=O) groups is 1. The monoisotopic (exact) mass is 330 g/mol. The lowest BCUT2D eigenvalue weighted by Gasteiger charge is -2.30. The van der Waals surface area contributed by atoms with Crippen LogP contribution in [0.25, 0.3) is 5.69 Å². The Morgan fingerprint density at radius 3 is 2.50 bits per heavy atom. The van der Waals surface area contributed by atoms with Crippen molar-refractivity contribution in [1.82, 2.24) is 15.1 Å². The summed E-state index contributed by atoms with van der Waals surface area (Å²) in [7, 11) is 0. The van der Waals surface area contributed by atoms with E-state index >= 15 is 0 Å². The molecule has 6 heteroatoms. The molecular weight excluding hydrogens is 304 g/mol. The predicted molar refractivity (Wildman–Crippen MR) is 95.5 cm³/mol. The molecule has 0 saturated carbocycles. The SMILES string of the molecule is Cc1ccc(-n2[nH]c(C(=O)NC(C)(CN)CC(C)C)cc2=O)cc1. The van der Waals surface area contributed by atoms with Crippen molar-refractivity contribution in [2.24, 2.45) is 11.7 Å². The minimum Gasteiger partial charge on any atom is -0.344 e. The highest BCUT2D eigenvalue weighted by molar-refractivity contribution is 5.92. The molecule has 1 atom stereocenters. The standard InChI is InChI=1S/C18H26N4O2/c1-12(2)10-18(4,11-19)20-17(24)15-9-16(23)22(21-15)14-7-5-13(3)6-8-14/h5-9,12,21H,10-11,19H2,1-4H3,(H,20,24). The van der Waals surface area contributed by atoms with Crippen molar-refractivity contribution < 1.29 is 4.79 Å². The Hall–Kier alpha value is -2.34. The summed E-state index contributed by atoms with van der Waals surface area (Å²) in [5.74, 6) is 0.0709. The number of nitrogens with zero attached hydrogens (tertiary/aromatic N) is 1. The molecule has 0 spiro atoms. The number of rotatable bonds is 6. The number of aryl methyl sites for hydroxylation is 1. The molecule has 4 N–H and O–H groups in total. The van der Waals surface area contributed by atoms with E-state index in [-0.39, 0.29) is 17.2 Å². The van der Waals surface area contributed by atoms with Gasteiger partial charge >= 0.3 is 0 Å². The second kappa shape index (κ2) is 7.05. The summed E-state index contributed by atoms with van der Waals surface area (Å²) in [6.45, 7) is 8.38. The van der Waals surface area contributed by atoms with E-state index in [1.807, 2.05) is 38.1 Å². The lowest BCUT2D eigenvalue weighted by molar-refractivity contribution is 0.0892. The number of hydrogen-bond donors (Lipinski definition) is 3. The Balaban J connectivity index is 2.24. The third kappa shape index (κ3) is 4.14. The maximum atomic E-state index is 12.5. The molecule has 130 valence electrons. The van der Waals surface area contributed by atoms with E-state index in [0.29, 0.717) is 18.2 Å². The van der Waals surface area contributed by atoms with Gasteiger partial charge in [0.2, 0.25) is 0 Å². The smallest absolute Gasteiger partial charge is 0.271 e. The number of H-pyrrole nitrogens is 1. The summed E-state index contributed by atoms with van der Waals surface area (Å²) in [6, 6.07) is 8.80. The van der Waals surface area contributed by atoms with E-state index in [1.165, 1.54) is 10.7 Å². The number of nitrogens with one attached hydrogen (secondary N) is 2. The first-order valence-corrected chi connectivity index (χ1v) is 8.16. The summed E-state index contributed by atoms with van der Waals surface area (Å²) >= 11 is 0. The largest absolute Gasteiger partial charge is 0.344 e. The van der Waals surface area contributed by atoms with Crippen molar-refractivity contribution >= 4 is 5.91 Å². The molecule has 0 aliphatic rings. The van der Waals surface area contributed by atoms with Gasteiger partial charge in [0.15, 0.2) is 0 Å². The fraction of sp³-hybridized carbons (Fsp3) is 0.444. The number of hydrogen-bond acceptors (Lipinski definition) is 3. The molecule has 0 radical (unpaired) electrons. The Morgan fingerprint density at radius 1 is 1.33 bits per heavy atom. The number of benzene rings is 1. The van der Waals surface area contributed by atoms with Gasteiger partial charge in [-0.1, -0.05) is 31.5 Å². The molecule has 1 heterocycles. The molecule has 0 fully saturated rings. The number of carbonyl (C=O) groups excluding carboxylic acids is 1. The van der Waals surface area contributed by atoms with Crippen LogP contribution in [0.3, 0.4) is 0 Å². The van der Waals surface area contributed by atoms with Gasteiger partial charge in [-0.25, -0.2) is 4.68 Å². The highest BCUT2D eigenvalue weighted by Gasteiger charge is 2.27. The van der Waals surface area contributed by atoms with Gasteiger partial charge in [0.1, 0.15) is 5.69 Å². The lowest BCUT2D eigenvalue weighted by Crippen LogP contribution is -2.52. The zero-order chi connectivity index (χ0) is 17.9. The summed E-state index contributed by atoms with van der Waals surface area (Å²) in [6.07, 6.45) is 0.762. The van der Waals surface area contributed by atoms with Gasteiger partial charge in [0.25, 0.3) is 11.5 Å². The van der Waals surface area contributed by atoms with Gasteiger partial charge in [-0.3, -0.25) is 14.7 Å². The van der Waals surface area contributed by atoms with E-state index in [9.17, 15) is 9.59 Å². The zero-order valence-corrected chi connectivity index (χ0v) is 14.7. The number of nitrogens with two attached hydrogens (primary N) is 1. The van der Waals surface area contributed by atoms with Crippen LogP contribution in [0.5, 0.6) is 0 Å². The molecule has 1 aromatic carbocycles. The third-order valence-electron chi connectivity index (χ3n) is 3.98. The van der Waals surface area contributed by atoms with Gasteiger partial charge in [0.05, 0.1) is 11.2 Å². The fourth-order valence-corrected chi connectivity index (χ4v) is 2.83. The van der Waals surface area contributed by atoms with Crippen molar-refractivity contribution in [3.8, 4) is 5.69 Å². The Kier molecular flexibility index (Phi) is 5.29. The van der Waals surface area contributed by atoms with Gasteiger partial charge < -0.3 is 11.1 Å². The molecular formula is C18H26N4O2. The molecule has 1 aromatic heterocycles. The highest BCUT2D eigenvalue weighted by Crippen LogP contribution is 2.16. The average molecular weight is 330 g/mol. The van der Waals surface area contributed by atoms with E-state index in [0.717, 1.165) is 12.0 Å². The Morgan fingerprint density at radius 2 is 1.96 bits per heavy atom. The minimum atomic E-state index is -0.506.